The Morgan fingerprint density at radius 2 is 1.93 bits per heavy atom. The molecule has 2 heterocycles. The van der Waals surface area contributed by atoms with Crippen molar-refractivity contribution in [2.45, 2.75) is 57.6 Å². The number of aryl methyl sites for hydroxylation is 2. The molecule has 6 nitrogen and oxygen atoms in total. The van der Waals surface area contributed by atoms with Crippen LogP contribution in [0.25, 0.3) is 11.3 Å². The minimum absolute atomic E-state index is 0.0646. The zero-order valence-corrected chi connectivity index (χ0v) is 15.5. The average molecular weight is 364 g/mol. The van der Waals surface area contributed by atoms with E-state index < -0.39 is 0 Å². The van der Waals surface area contributed by atoms with Gasteiger partial charge < -0.3 is 15.1 Å². The van der Waals surface area contributed by atoms with Gasteiger partial charge in [0.1, 0.15) is 5.75 Å². The SMILES string of the molecule is Cc1cc(C#N)cc(O)c1-c1cc2c(nn1)N(C1CCC(O)CC1)CCC2. The van der Waals surface area contributed by atoms with Gasteiger partial charge in [0, 0.05) is 18.2 Å². The zero-order chi connectivity index (χ0) is 19.0. The van der Waals surface area contributed by atoms with Crippen molar-refractivity contribution in [3.63, 3.8) is 0 Å². The fourth-order valence-corrected chi connectivity index (χ4v) is 4.41. The molecule has 1 aromatic heterocycles. The first-order valence-corrected chi connectivity index (χ1v) is 9.62. The van der Waals surface area contributed by atoms with Crippen molar-refractivity contribution in [2.24, 2.45) is 0 Å². The minimum Gasteiger partial charge on any atom is -0.507 e. The Morgan fingerprint density at radius 1 is 1.15 bits per heavy atom. The molecule has 140 valence electrons. The molecule has 0 bridgehead atoms. The van der Waals surface area contributed by atoms with E-state index in [1.54, 1.807) is 6.07 Å². The highest BCUT2D eigenvalue weighted by atomic mass is 16.3. The first-order chi connectivity index (χ1) is 13.1. The van der Waals surface area contributed by atoms with E-state index in [2.05, 4.69) is 21.2 Å². The number of anilines is 1. The van der Waals surface area contributed by atoms with Crippen LogP contribution in [0.2, 0.25) is 0 Å². The fraction of sp³-hybridized carbons (Fsp3) is 0.476. The molecular weight excluding hydrogens is 340 g/mol. The van der Waals surface area contributed by atoms with Gasteiger partial charge >= 0.3 is 0 Å². The summed E-state index contributed by atoms with van der Waals surface area (Å²) in [5, 5.41) is 38.2. The summed E-state index contributed by atoms with van der Waals surface area (Å²) < 4.78 is 0. The number of benzene rings is 1. The minimum atomic E-state index is -0.165. The predicted octanol–water partition coefficient (Wildman–Crippen LogP) is 3.09. The predicted molar refractivity (Wildman–Crippen MR) is 103 cm³/mol. The van der Waals surface area contributed by atoms with Crippen LogP contribution in [0.4, 0.5) is 5.82 Å². The summed E-state index contributed by atoms with van der Waals surface area (Å²) in [6, 6.07) is 7.74. The highest BCUT2D eigenvalue weighted by Gasteiger charge is 2.30. The van der Waals surface area contributed by atoms with Crippen LogP contribution in [0.15, 0.2) is 18.2 Å². The van der Waals surface area contributed by atoms with Crippen molar-refractivity contribution < 1.29 is 10.2 Å². The van der Waals surface area contributed by atoms with E-state index in [4.69, 9.17) is 5.26 Å². The Labute approximate surface area is 159 Å². The summed E-state index contributed by atoms with van der Waals surface area (Å²) in [5.41, 5.74) is 3.69. The number of aliphatic hydroxyl groups excluding tert-OH is 1. The van der Waals surface area contributed by atoms with Gasteiger partial charge in [-0.2, -0.15) is 5.26 Å². The normalized spacial score (nSPS) is 22.2. The Bertz CT molecular complexity index is 875. The molecule has 27 heavy (non-hydrogen) atoms. The fourth-order valence-electron chi connectivity index (χ4n) is 4.41. The number of aromatic nitrogens is 2. The lowest BCUT2D eigenvalue weighted by molar-refractivity contribution is 0.121. The average Bonchev–Trinajstić information content (AvgIpc) is 2.67. The van der Waals surface area contributed by atoms with Crippen LogP contribution in [0.3, 0.4) is 0 Å². The second-order valence-electron chi connectivity index (χ2n) is 7.64. The number of rotatable bonds is 2. The summed E-state index contributed by atoms with van der Waals surface area (Å²) in [7, 11) is 0. The van der Waals surface area contributed by atoms with Crippen LogP contribution < -0.4 is 4.90 Å². The number of nitrogens with zero attached hydrogens (tertiary/aromatic N) is 4. The molecule has 1 aliphatic heterocycles. The maximum Gasteiger partial charge on any atom is 0.154 e. The van der Waals surface area contributed by atoms with Gasteiger partial charge in [-0.3, -0.25) is 0 Å². The Hall–Kier alpha value is -2.65. The molecule has 1 fully saturated rings. The first kappa shape index (κ1) is 17.7. The Kier molecular flexibility index (Phi) is 4.71. The standard InChI is InChI=1S/C21H24N4O2/c1-13-9-14(12-22)10-19(27)20(13)18-11-15-3-2-8-25(21(15)24-23-18)16-4-6-17(26)7-5-16/h9-11,16-17,26-27H,2-8H2,1H3. The van der Waals surface area contributed by atoms with Crippen LogP contribution in [0.5, 0.6) is 5.75 Å². The van der Waals surface area contributed by atoms with Crippen LogP contribution in [0.1, 0.15) is 48.8 Å². The lowest BCUT2D eigenvalue weighted by atomic mass is 9.90. The van der Waals surface area contributed by atoms with E-state index in [1.807, 2.05) is 13.0 Å². The van der Waals surface area contributed by atoms with Gasteiger partial charge in [-0.15, -0.1) is 10.2 Å². The summed E-state index contributed by atoms with van der Waals surface area (Å²) in [4.78, 5) is 2.35. The third-order valence-corrected chi connectivity index (χ3v) is 5.77. The molecule has 2 N–H and O–H groups in total. The van der Waals surface area contributed by atoms with E-state index in [1.165, 1.54) is 6.07 Å². The topological polar surface area (TPSA) is 93.3 Å². The van der Waals surface area contributed by atoms with Crippen LogP contribution >= 0.6 is 0 Å². The van der Waals surface area contributed by atoms with Crippen molar-refractivity contribution in [1.82, 2.24) is 10.2 Å². The van der Waals surface area contributed by atoms with Gasteiger partial charge in [0.2, 0.25) is 0 Å². The second kappa shape index (κ2) is 7.16. The molecule has 0 unspecified atom stereocenters. The number of aromatic hydroxyl groups is 1. The lowest BCUT2D eigenvalue weighted by Crippen LogP contribution is -2.42. The molecule has 6 heteroatoms. The molecule has 0 amide bonds. The third-order valence-electron chi connectivity index (χ3n) is 5.77. The second-order valence-corrected chi connectivity index (χ2v) is 7.64. The highest BCUT2D eigenvalue weighted by molar-refractivity contribution is 5.73. The van der Waals surface area contributed by atoms with Crippen molar-refractivity contribution in [3.05, 3.63) is 34.9 Å². The Morgan fingerprint density at radius 3 is 2.63 bits per heavy atom. The third kappa shape index (κ3) is 3.35. The number of phenolic OH excluding ortho intramolecular Hbond substituents is 1. The van der Waals surface area contributed by atoms with Gasteiger partial charge in [0.05, 0.1) is 23.4 Å². The first-order valence-electron chi connectivity index (χ1n) is 9.62. The van der Waals surface area contributed by atoms with Crippen LogP contribution in [-0.4, -0.2) is 39.1 Å². The number of hydrogen-bond donors (Lipinski definition) is 2. The number of nitriles is 1. The summed E-state index contributed by atoms with van der Waals surface area (Å²) in [5.74, 6) is 1.01. The number of phenols is 1. The van der Waals surface area contributed by atoms with E-state index in [-0.39, 0.29) is 11.9 Å². The van der Waals surface area contributed by atoms with Crippen molar-refractivity contribution in [2.75, 3.05) is 11.4 Å². The van der Waals surface area contributed by atoms with E-state index in [0.29, 0.717) is 22.9 Å². The van der Waals surface area contributed by atoms with E-state index >= 15 is 0 Å². The van der Waals surface area contributed by atoms with Gasteiger partial charge in [-0.1, -0.05) is 0 Å². The van der Waals surface area contributed by atoms with E-state index in [9.17, 15) is 10.2 Å². The molecular formula is C21H24N4O2. The molecule has 0 radical (unpaired) electrons. The zero-order valence-electron chi connectivity index (χ0n) is 15.5. The Balaban J connectivity index is 1.67. The smallest absolute Gasteiger partial charge is 0.154 e. The molecule has 1 saturated carbocycles. The van der Waals surface area contributed by atoms with Crippen LogP contribution in [0, 0.1) is 18.3 Å². The number of hydrogen-bond acceptors (Lipinski definition) is 6. The largest absolute Gasteiger partial charge is 0.507 e. The summed E-state index contributed by atoms with van der Waals surface area (Å²) >= 11 is 0. The van der Waals surface area contributed by atoms with Crippen molar-refractivity contribution >= 4 is 5.82 Å². The van der Waals surface area contributed by atoms with Crippen molar-refractivity contribution in [3.8, 4) is 23.1 Å². The van der Waals surface area contributed by atoms with E-state index in [0.717, 1.165) is 62.0 Å². The molecule has 0 spiro atoms. The maximum atomic E-state index is 10.4. The van der Waals surface area contributed by atoms with Gasteiger partial charge in [-0.25, -0.2) is 0 Å². The van der Waals surface area contributed by atoms with Gasteiger partial charge in [-0.05, 0) is 74.8 Å². The lowest BCUT2D eigenvalue weighted by Gasteiger charge is -2.39. The molecule has 1 aromatic carbocycles. The summed E-state index contributed by atoms with van der Waals surface area (Å²) in [6.45, 7) is 2.85. The molecule has 0 saturated heterocycles. The quantitative estimate of drug-likeness (QED) is 0.851. The number of fused-ring (bicyclic) bond motifs is 1. The van der Waals surface area contributed by atoms with Crippen LogP contribution in [-0.2, 0) is 6.42 Å². The highest BCUT2D eigenvalue weighted by Crippen LogP contribution is 2.36. The van der Waals surface area contributed by atoms with Crippen molar-refractivity contribution in [1.29, 1.82) is 5.26 Å². The molecule has 0 atom stereocenters. The molecule has 2 aromatic rings. The monoisotopic (exact) mass is 364 g/mol. The summed E-state index contributed by atoms with van der Waals surface area (Å²) in [6.07, 6.45) is 5.51. The maximum absolute atomic E-state index is 10.4. The molecule has 2 aliphatic rings. The molecule has 4 rings (SSSR count). The molecule has 1 aliphatic carbocycles. The van der Waals surface area contributed by atoms with Gasteiger partial charge in [0.25, 0.3) is 0 Å². The van der Waals surface area contributed by atoms with Gasteiger partial charge in [0.15, 0.2) is 5.82 Å². The number of aliphatic hydroxyl groups is 1.